The van der Waals surface area contributed by atoms with E-state index in [1.54, 1.807) is 18.9 Å². The van der Waals surface area contributed by atoms with Gasteiger partial charge in [0, 0.05) is 21.7 Å². The molecule has 0 aliphatic rings. The predicted molar refractivity (Wildman–Crippen MR) is 108 cm³/mol. The number of benzene rings is 2. The minimum atomic E-state index is -0.0489. The van der Waals surface area contributed by atoms with E-state index in [1.165, 1.54) is 16.9 Å². The molecule has 1 aromatic heterocycles. The van der Waals surface area contributed by atoms with Gasteiger partial charge in [-0.3, -0.25) is 4.79 Å². The molecule has 0 spiro atoms. The zero-order valence-electron chi connectivity index (χ0n) is 14.7. The number of hydrogen-bond donors (Lipinski definition) is 1. The first-order chi connectivity index (χ1) is 12.6. The zero-order chi connectivity index (χ0) is 18.4. The van der Waals surface area contributed by atoms with Crippen molar-refractivity contribution in [3.8, 4) is 5.75 Å². The van der Waals surface area contributed by atoms with Crippen molar-refractivity contribution in [1.29, 1.82) is 0 Å². The maximum Gasteiger partial charge on any atom is 0.231 e. The summed E-state index contributed by atoms with van der Waals surface area (Å²) in [4.78, 5) is 17.8. The van der Waals surface area contributed by atoms with Gasteiger partial charge < -0.3 is 10.1 Å². The number of thiazole rings is 1. The highest BCUT2D eigenvalue weighted by molar-refractivity contribution is 7.98. The van der Waals surface area contributed by atoms with Crippen molar-refractivity contribution >= 4 is 34.7 Å². The van der Waals surface area contributed by atoms with Gasteiger partial charge in [-0.25, -0.2) is 4.98 Å². The van der Waals surface area contributed by atoms with Gasteiger partial charge in [0.1, 0.15) is 10.8 Å². The number of nitrogens with zero attached hydrogens (tertiary/aromatic N) is 1. The molecule has 0 radical (unpaired) electrons. The van der Waals surface area contributed by atoms with Crippen LogP contribution in [-0.4, -0.2) is 18.0 Å². The number of aryl methyl sites for hydroxylation is 1. The number of hydrogen-bond acceptors (Lipinski definition) is 5. The Morgan fingerprint density at radius 1 is 1.19 bits per heavy atom. The quantitative estimate of drug-likeness (QED) is 0.587. The average Bonchev–Trinajstić information content (AvgIpc) is 3.09. The number of carbonyl (C=O) groups excluding carboxylic acids is 1. The topological polar surface area (TPSA) is 51.2 Å². The van der Waals surface area contributed by atoms with Crippen LogP contribution in [0.3, 0.4) is 0 Å². The maximum atomic E-state index is 12.2. The first-order valence-corrected chi connectivity index (χ1v) is 10.1. The summed E-state index contributed by atoms with van der Waals surface area (Å²) in [6, 6.07) is 15.7. The van der Waals surface area contributed by atoms with Crippen molar-refractivity contribution in [2.24, 2.45) is 0 Å². The summed E-state index contributed by atoms with van der Waals surface area (Å²) in [6.07, 6.45) is 0.290. The molecule has 3 aromatic rings. The van der Waals surface area contributed by atoms with E-state index < -0.39 is 0 Å². The monoisotopic (exact) mass is 384 g/mol. The molecule has 4 nitrogen and oxygen atoms in total. The van der Waals surface area contributed by atoms with E-state index in [-0.39, 0.29) is 12.3 Å². The van der Waals surface area contributed by atoms with Crippen LogP contribution in [0.1, 0.15) is 16.3 Å². The molecule has 3 rings (SSSR count). The Morgan fingerprint density at radius 2 is 1.96 bits per heavy atom. The zero-order valence-corrected chi connectivity index (χ0v) is 16.3. The van der Waals surface area contributed by atoms with Gasteiger partial charge in [-0.15, -0.1) is 23.1 Å². The second-order valence-electron chi connectivity index (χ2n) is 5.76. The highest BCUT2D eigenvalue weighted by Gasteiger charge is 2.10. The van der Waals surface area contributed by atoms with E-state index in [4.69, 9.17) is 4.74 Å². The highest BCUT2D eigenvalue weighted by Crippen LogP contribution is 2.31. The minimum Gasteiger partial charge on any atom is -0.496 e. The maximum absolute atomic E-state index is 12.2. The van der Waals surface area contributed by atoms with Crippen molar-refractivity contribution in [1.82, 2.24) is 4.98 Å². The standard InChI is InChI=1S/C20H20N2O2S2/c1-14-7-9-15(10-8-14)21-19(23)11-20-22-16(13-26-20)12-25-18-6-4-3-5-17(18)24-2/h3-10,13H,11-12H2,1-2H3,(H,21,23). The molecule has 1 N–H and O–H groups in total. The summed E-state index contributed by atoms with van der Waals surface area (Å²) in [7, 11) is 1.67. The lowest BCUT2D eigenvalue weighted by atomic mass is 10.2. The minimum absolute atomic E-state index is 0.0489. The molecular formula is C20H20N2O2S2. The van der Waals surface area contributed by atoms with E-state index in [9.17, 15) is 4.79 Å². The molecule has 6 heteroatoms. The first kappa shape index (κ1) is 18.5. The molecule has 2 aromatic carbocycles. The van der Waals surface area contributed by atoms with Gasteiger partial charge in [-0.05, 0) is 31.2 Å². The fraction of sp³-hybridized carbons (Fsp3) is 0.200. The van der Waals surface area contributed by atoms with Crippen LogP contribution in [0.25, 0.3) is 0 Å². The Labute approximate surface area is 161 Å². The van der Waals surface area contributed by atoms with Crippen molar-refractivity contribution in [2.45, 2.75) is 24.0 Å². The Kier molecular flexibility index (Phi) is 6.30. The lowest BCUT2D eigenvalue weighted by Gasteiger charge is -2.06. The fourth-order valence-electron chi connectivity index (χ4n) is 2.37. The molecule has 134 valence electrons. The van der Waals surface area contributed by atoms with Gasteiger partial charge in [0.25, 0.3) is 0 Å². The summed E-state index contributed by atoms with van der Waals surface area (Å²) in [5, 5.41) is 5.74. The lowest BCUT2D eigenvalue weighted by molar-refractivity contribution is -0.115. The Hall–Kier alpha value is -2.31. The van der Waals surface area contributed by atoms with Gasteiger partial charge >= 0.3 is 0 Å². The molecule has 0 bridgehead atoms. The van der Waals surface area contributed by atoms with Crippen LogP contribution in [0.4, 0.5) is 5.69 Å². The number of methoxy groups -OCH3 is 1. The van der Waals surface area contributed by atoms with Crippen molar-refractivity contribution in [3.63, 3.8) is 0 Å². The smallest absolute Gasteiger partial charge is 0.231 e. The van der Waals surface area contributed by atoms with Gasteiger partial charge in [-0.1, -0.05) is 29.8 Å². The molecule has 0 aliphatic heterocycles. The molecule has 1 heterocycles. The number of aromatic nitrogens is 1. The highest BCUT2D eigenvalue weighted by atomic mass is 32.2. The van der Waals surface area contributed by atoms with Crippen LogP contribution < -0.4 is 10.1 Å². The third-order valence-electron chi connectivity index (χ3n) is 3.69. The number of carbonyl (C=O) groups is 1. The number of para-hydroxylation sites is 1. The van der Waals surface area contributed by atoms with Crippen LogP contribution in [0.5, 0.6) is 5.75 Å². The summed E-state index contributed by atoms with van der Waals surface area (Å²) in [5.74, 6) is 1.56. The lowest BCUT2D eigenvalue weighted by Crippen LogP contribution is -2.14. The molecule has 0 aliphatic carbocycles. The van der Waals surface area contributed by atoms with E-state index in [1.807, 2.05) is 60.8 Å². The third kappa shape index (κ3) is 5.09. The Morgan fingerprint density at radius 3 is 2.73 bits per heavy atom. The molecule has 0 unspecified atom stereocenters. The third-order valence-corrected chi connectivity index (χ3v) is 5.68. The molecule has 26 heavy (non-hydrogen) atoms. The number of thioether (sulfide) groups is 1. The number of rotatable bonds is 7. The van der Waals surface area contributed by atoms with Gasteiger partial charge in [0.2, 0.25) is 5.91 Å². The van der Waals surface area contributed by atoms with Gasteiger partial charge in [0.15, 0.2) is 0 Å². The molecular weight excluding hydrogens is 364 g/mol. The summed E-state index contributed by atoms with van der Waals surface area (Å²) >= 11 is 3.20. The van der Waals surface area contributed by atoms with Gasteiger partial charge in [0.05, 0.1) is 19.2 Å². The Balaban J connectivity index is 1.54. The molecule has 0 saturated carbocycles. The molecule has 0 atom stereocenters. The van der Waals surface area contributed by atoms with Crippen molar-refractivity contribution in [3.05, 3.63) is 70.2 Å². The first-order valence-electron chi connectivity index (χ1n) is 8.19. The van der Waals surface area contributed by atoms with Gasteiger partial charge in [-0.2, -0.15) is 0 Å². The van der Waals surface area contributed by atoms with Crippen LogP contribution in [0.2, 0.25) is 0 Å². The second-order valence-corrected chi connectivity index (χ2v) is 7.72. The van der Waals surface area contributed by atoms with E-state index >= 15 is 0 Å². The molecule has 0 fully saturated rings. The second kappa shape index (κ2) is 8.87. The van der Waals surface area contributed by atoms with E-state index in [0.717, 1.165) is 32.8 Å². The number of ether oxygens (including phenoxy) is 1. The van der Waals surface area contributed by atoms with Crippen LogP contribution in [0.15, 0.2) is 58.8 Å². The fourth-order valence-corrected chi connectivity index (χ4v) is 4.18. The molecule has 0 saturated heterocycles. The van der Waals surface area contributed by atoms with Crippen LogP contribution in [0, 0.1) is 6.92 Å². The van der Waals surface area contributed by atoms with Crippen LogP contribution >= 0.6 is 23.1 Å². The summed E-state index contributed by atoms with van der Waals surface area (Å²) < 4.78 is 5.36. The SMILES string of the molecule is COc1ccccc1SCc1csc(CC(=O)Nc2ccc(C)cc2)n1. The van der Waals surface area contributed by atoms with Crippen molar-refractivity contribution < 1.29 is 9.53 Å². The van der Waals surface area contributed by atoms with E-state index in [2.05, 4.69) is 10.3 Å². The molecule has 1 amide bonds. The average molecular weight is 385 g/mol. The van der Waals surface area contributed by atoms with Crippen molar-refractivity contribution in [2.75, 3.05) is 12.4 Å². The number of nitrogens with one attached hydrogen (secondary N) is 1. The number of anilines is 1. The summed E-state index contributed by atoms with van der Waals surface area (Å²) in [5.41, 5.74) is 2.95. The van der Waals surface area contributed by atoms with E-state index in [0.29, 0.717) is 0 Å². The normalized spacial score (nSPS) is 10.5. The summed E-state index contributed by atoms with van der Waals surface area (Å²) in [6.45, 7) is 2.02. The predicted octanol–water partition coefficient (Wildman–Crippen LogP) is 4.93. The Bertz CT molecular complexity index is 876. The van der Waals surface area contributed by atoms with Crippen LogP contribution in [-0.2, 0) is 17.0 Å². The largest absolute Gasteiger partial charge is 0.496 e. The number of amides is 1.